The molecule has 0 spiro atoms. The normalized spacial score (nSPS) is 16.9. The van der Waals surface area contributed by atoms with Crippen molar-refractivity contribution in [3.63, 3.8) is 0 Å². The van der Waals surface area contributed by atoms with E-state index in [1.54, 1.807) is 12.1 Å². The molecule has 0 aliphatic carbocycles. The van der Waals surface area contributed by atoms with E-state index in [9.17, 15) is 4.79 Å². The van der Waals surface area contributed by atoms with Crippen molar-refractivity contribution in [2.45, 2.75) is 19.5 Å². The summed E-state index contributed by atoms with van der Waals surface area (Å²) in [6.07, 6.45) is 2.69. The molecule has 4 heterocycles. The SMILES string of the molecule is O=c1[nH]c(-c2ccc(Cl)cc2)nc2c1CN(Cc1ccc(N3CCOCC3)nc1)CC2. The fourth-order valence-electron chi connectivity index (χ4n) is 4.11. The number of morpholine rings is 1. The zero-order valence-electron chi connectivity index (χ0n) is 17.2. The number of hydrogen-bond donors (Lipinski definition) is 1. The number of fused-ring (bicyclic) bond motifs is 1. The van der Waals surface area contributed by atoms with Crippen LogP contribution in [0.2, 0.25) is 5.02 Å². The van der Waals surface area contributed by atoms with E-state index in [1.165, 1.54) is 0 Å². The number of ether oxygens (including phenoxy) is 1. The van der Waals surface area contributed by atoms with Gasteiger partial charge in [0.25, 0.3) is 5.56 Å². The number of rotatable bonds is 4. The zero-order valence-corrected chi connectivity index (χ0v) is 17.9. The van der Waals surface area contributed by atoms with E-state index in [4.69, 9.17) is 21.3 Å². The van der Waals surface area contributed by atoms with Crippen LogP contribution in [-0.4, -0.2) is 52.7 Å². The molecular weight excluding hydrogens is 414 g/mol. The Morgan fingerprint density at radius 1 is 1.06 bits per heavy atom. The lowest BCUT2D eigenvalue weighted by molar-refractivity contribution is 0.122. The molecule has 1 aromatic carbocycles. The van der Waals surface area contributed by atoms with Gasteiger partial charge in [0.1, 0.15) is 11.6 Å². The number of aromatic nitrogens is 3. The first-order valence-corrected chi connectivity index (χ1v) is 10.9. The molecule has 0 radical (unpaired) electrons. The third kappa shape index (κ3) is 4.49. The highest BCUT2D eigenvalue weighted by Gasteiger charge is 2.22. The van der Waals surface area contributed by atoms with Gasteiger partial charge >= 0.3 is 0 Å². The van der Waals surface area contributed by atoms with Gasteiger partial charge < -0.3 is 14.6 Å². The molecular formula is C23H24ClN5O2. The predicted octanol–water partition coefficient (Wildman–Crippen LogP) is 2.88. The monoisotopic (exact) mass is 437 g/mol. The van der Waals surface area contributed by atoms with Crippen LogP contribution in [0.3, 0.4) is 0 Å². The average Bonchev–Trinajstić information content (AvgIpc) is 2.81. The van der Waals surface area contributed by atoms with E-state index in [2.05, 4.69) is 31.9 Å². The molecule has 0 atom stereocenters. The van der Waals surface area contributed by atoms with Crippen LogP contribution in [0.5, 0.6) is 0 Å². The van der Waals surface area contributed by atoms with Crippen LogP contribution in [0.4, 0.5) is 5.82 Å². The Bertz CT molecular complexity index is 1110. The Kier molecular flexibility index (Phi) is 5.72. The molecule has 3 aromatic rings. The number of halogens is 1. The summed E-state index contributed by atoms with van der Waals surface area (Å²) in [5, 5.41) is 0.659. The molecule has 2 aliphatic rings. The van der Waals surface area contributed by atoms with Crippen LogP contribution in [0.15, 0.2) is 47.4 Å². The maximum atomic E-state index is 12.8. The van der Waals surface area contributed by atoms with E-state index < -0.39 is 0 Å². The smallest absolute Gasteiger partial charge is 0.255 e. The van der Waals surface area contributed by atoms with E-state index in [0.717, 1.165) is 74.0 Å². The summed E-state index contributed by atoms with van der Waals surface area (Å²) in [4.78, 5) is 29.6. The second kappa shape index (κ2) is 8.78. The van der Waals surface area contributed by atoms with Crippen LogP contribution < -0.4 is 10.5 Å². The molecule has 1 N–H and O–H groups in total. The number of hydrogen-bond acceptors (Lipinski definition) is 6. The highest BCUT2D eigenvalue weighted by Crippen LogP contribution is 2.22. The summed E-state index contributed by atoms with van der Waals surface area (Å²) in [5.74, 6) is 1.59. The van der Waals surface area contributed by atoms with E-state index in [-0.39, 0.29) is 5.56 Å². The molecule has 7 nitrogen and oxygen atoms in total. The van der Waals surface area contributed by atoms with Crippen LogP contribution in [0, 0.1) is 0 Å². The summed E-state index contributed by atoms with van der Waals surface area (Å²) in [6, 6.07) is 11.5. The maximum absolute atomic E-state index is 12.8. The molecule has 8 heteroatoms. The van der Waals surface area contributed by atoms with Gasteiger partial charge in [-0.3, -0.25) is 9.69 Å². The van der Waals surface area contributed by atoms with Gasteiger partial charge in [-0.05, 0) is 35.9 Å². The Hall–Kier alpha value is -2.74. The Labute approximate surface area is 185 Å². The average molecular weight is 438 g/mol. The molecule has 31 heavy (non-hydrogen) atoms. The van der Waals surface area contributed by atoms with Crippen LogP contribution in [-0.2, 0) is 24.2 Å². The third-order valence-corrected chi connectivity index (χ3v) is 6.07. The van der Waals surface area contributed by atoms with Crippen molar-refractivity contribution in [2.75, 3.05) is 37.7 Å². The first-order chi connectivity index (χ1) is 15.2. The first-order valence-electron chi connectivity index (χ1n) is 10.5. The molecule has 0 saturated carbocycles. The molecule has 1 fully saturated rings. The van der Waals surface area contributed by atoms with Gasteiger partial charge in [-0.1, -0.05) is 17.7 Å². The minimum Gasteiger partial charge on any atom is -0.378 e. The van der Waals surface area contributed by atoms with Gasteiger partial charge in [0.2, 0.25) is 0 Å². The highest BCUT2D eigenvalue weighted by atomic mass is 35.5. The maximum Gasteiger partial charge on any atom is 0.255 e. The third-order valence-electron chi connectivity index (χ3n) is 5.82. The summed E-state index contributed by atoms with van der Waals surface area (Å²) >= 11 is 5.97. The number of aromatic amines is 1. The number of nitrogens with one attached hydrogen (secondary N) is 1. The van der Waals surface area contributed by atoms with Crippen LogP contribution in [0.25, 0.3) is 11.4 Å². The minimum atomic E-state index is -0.0690. The largest absolute Gasteiger partial charge is 0.378 e. The van der Waals surface area contributed by atoms with Gasteiger partial charge in [-0.2, -0.15) is 0 Å². The Balaban J connectivity index is 1.28. The van der Waals surface area contributed by atoms with Crippen molar-refractivity contribution in [1.82, 2.24) is 19.9 Å². The molecule has 160 valence electrons. The Morgan fingerprint density at radius 3 is 2.61 bits per heavy atom. The molecule has 5 rings (SSSR count). The first kappa shape index (κ1) is 20.2. The number of pyridine rings is 1. The van der Waals surface area contributed by atoms with Gasteiger partial charge in [0.15, 0.2) is 0 Å². The highest BCUT2D eigenvalue weighted by molar-refractivity contribution is 6.30. The fraction of sp³-hybridized carbons (Fsp3) is 0.348. The molecule has 2 aromatic heterocycles. The number of anilines is 1. The zero-order chi connectivity index (χ0) is 21.2. The van der Waals surface area contributed by atoms with Crippen LogP contribution in [0.1, 0.15) is 16.8 Å². The lowest BCUT2D eigenvalue weighted by Gasteiger charge is -2.29. The van der Waals surface area contributed by atoms with E-state index >= 15 is 0 Å². The van der Waals surface area contributed by atoms with Gasteiger partial charge in [0.05, 0.1) is 24.5 Å². The number of H-pyrrole nitrogens is 1. The van der Waals surface area contributed by atoms with Crippen molar-refractivity contribution in [2.24, 2.45) is 0 Å². The van der Waals surface area contributed by atoms with E-state index in [1.807, 2.05) is 18.3 Å². The summed E-state index contributed by atoms with van der Waals surface area (Å²) in [7, 11) is 0. The standard InChI is InChI=1S/C23H24ClN5O2/c24-18-4-2-17(3-5-18)22-26-20-7-8-28(15-19(20)23(30)27-22)14-16-1-6-21(25-13-16)29-9-11-31-12-10-29/h1-6,13H,7-12,14-15H2,(H,26,27,30). The van der Waals surface area contributed by atoms with Crippen LogP contribution >= 0.6 is 11.6 Å². The van der Waals surface area contributed by atoms with Crippen molar-refractivity contribution in [1.29, 1.82) is 0 Å². The van der Waals surface area contributed by atoms with Crippen molar-refractivity contribution >= 4 is 17.4 Å². The second-order valence-corrected chi connectivity index (χ2v) is 8.37. The van der Waals surface area contributed by atoms with E-state index in [0.29, 0.717) is 17.4 Å². The van der Waals surface area contributed by atoms with Gasteiger partial charge in [-0.15, -0.1) is 0 Å². The number of benzene rings is 1. The summed E-state index contributed by atoms with van der Waals surface area (Å²) in [6.45, 7) is 5.46. The number of nitrogens with zero attached hydrogens (tertiary/aromatic N) is 4. The molecule has 1 saturated heterocycles. The minimum absolute atomic E-state index is 0.0690. The molecule has 2 aliphatic heterocycles. The second-order valence-electron chi connectivity index (χ2n) is 7.93. The Morgan fingerprint density at radius 2 is 1.87 bits per heavy atom. The molecule has 0 unspecified atom stereocenters. The van der Waals surface area contributed by atoms with Gasteiger partial charge in [0, 0.05) is 55.9 Å². The lowest BCUT2D eigenvalue weighted by Crippen LogP contribution is -2.37. The summed E-state index contributed by atoms with van der Waals surface area (Å²) < 4.78 is 5.41. The van der Waals surface area contributed by atoms with Crippen molar-refractivity contribution < 1.29 is 4.74 Å². The lowest BCUT2D eigenvalue weighted by atomic mass is 10.1. The summed E-state index contributed by atoms with van der Waals surface area (Å²) in [5.41, 5.74) is 3.56. The van der Waals surface area contributed by atoms with Crippen molar-refractivity contribution in [3.8, 4) is 11.4 Å². The molecule has 0 bridgehead atoms. The molecule has 0 amide bonds. The fourth-order valence-corrected chi connectivity index (χ4v) is 4.23. The topological polar surface area (TPSA) is 74.4 Å². The quantitative estimate of drug-likeness (QED) is 0.676. The van der Waals surface area contributed by atoms with Gasteiger partial charge in [-0.25, -0.2) is 9.97 Å². The predicted molar refractivity (Wildman–Crippen MR) is 120 cm³/mol. The van der Waals surface area contributed by atoms with Crippen molar-refractivity contribution in [3.05, 3.63) is 74.8 Å².